The Morgan fingerprint density at radius 3 is 1.63 bits per heavy atom. The number of hydrogen-bond acceptors (Lipinski definition) is 8. The number of ether oxygens (including phenoxy) is 2. The van der Waals surface area contributed by atoms with Gasteiger partial charge in [0.1, 0.15) is 24.7 Å². The third-order valence-electron chi connectivity index (χ3n) is 8.28. The Hall–Kier alpha value is -4.91. The van der Waals surface area contributed by atoms with E-state index in [9.17, 15) is 9.59 Å². The highest BCUT2D eigenvalue weighted by molar-refractivity contribution is 6.30. The van der Waals surface area contributed by atoms with Gasteiger partial charge in [0.05, 0.1) is 24.5 Å². The van der Waals surface area contributed by atoms with Crippen molar-refractivity contribution in [3.63, 3.8) is 0 Å². The van der Waals surface area contributed by atoms with Crippen LogP contribution in [0.25, 0.3) is 0 Å². The molecule has 2 saturated heterocycles. The monoisotopic (exact) mass is 686 g/mol. The van der Waals surface area contributed by atoms with Crippen molar-refractivity contribution < 1.29 is 19.1 Å². The van der Waals surface area contributed by atoms with Crippen molar-refractivity contribution >= 4 is 35.0 Å². The SMILES string of the molecule is CN(C(=O)N1CCNCC1COc1cccnc1)c1ccc(Cl)cc1.CN(C(=O)N1CCNCC1COc1cccnc1)c1ccccc1. The number of nitrogens with zero attached hydrogens (tertiary/aromatic N) is 6. The van der Waals surface area contributed by atoms with Gasteiger partial charge in [-0.2, -0.15) is 0 Å². The minimum atomic E-state index is -0.0522. The van der Waals surface area contributed by atoms with Crippen LogP contribution < -0.4 is 29.9 Å². The largest absolute Gasteiger partial charge is 0.490 e. The second-order valence-corrected chi connectivity index (χ2v) is 12.0. The number of urea groups is 2. The first-order chi connectivity index (χ1) is 23.9. The number of halogens is 1. The first-order valence-corrected chi connectivity index (χ1v) is 16.6. The second kappa shape index (κ2) is 18.0. The molecule has 4 aromatic rings. The second-order valence-electron chi connectivity index (χ2n) is 11.6. The molecule has 0 spiro atoms. The van der Waals surface area contributed by atoms with Crippen LogP contribution >= 0.6 is 11.6 Å². The van der Waals surface area contributed by atoms with Gasteiger partial charge < -0.3 is 29.9 Å². The molecule has 0 bridgehead atoms. The number of anilines is 2. The lowest BCUT2D eigenvalue weighted by atomic mass is 10.2. The molecule has 2 aliphatic heterocycles. The van der Waals surface area contributed by atoms with Crippen molar-refractivity contribution in [2.45, 2.75) is 12.1 Å². The zero-order chi connectivity index (χ0) is 34.4. The summed E-state index contributed by atoms with van der Waals surface area (Å²) >= 11 is 5.92. The third kappa shape index (κ3) is 10.0. The van der Waals surface area contributed by atoms with Crippen LogP contribution in [0.15, 0.2) is 104 Å². The maximum atomic E-state index is 12.9. The van der Waals surface area contributed by atoms with Gasteiger partial charge in [0, 0.05) is 82.2 Å². The summed E-state index contributed by atoms with van der Waals surface area (Å²) in [6.45, 7) is 5.12. The number of hydrogen-bond donors (Lipinski definition) is 2. The van der Waals surface area contributed by atoms with Gasteiger partial charge >= 0.3 is 12.1 Å². The predicted octanol–water partition coefficient (Wildman–Crippen LogP) is 4.63. The molecule has 4 amide bonds. The highest BCUT2D eigenvalue weighted by Crippen LogP contribution is 2.20. The molecule has 6 rings (SSSR count). The Balaban J connectivity index is 0.000000191. The van der Waals surface area contributed by atoms with E-state index in [-0.39, 0.29) is 24.1 Å². The molecule has 4 heterocycles. The number of para-hydroxylation sites is 1. The van der Waals surface area contributed by atoms with E-state index in [1.807, 2.05) is 76.5 Å². The number of rotatable bonds is 8. The molecule has 2 aliphatic rings. The lowest BCUT2D eigenvalue weighted by Gasteiger charge is -2.38. The highest BCUT2D eigenvalue weighted by Gasteiger charge is 2.31. The van der Waals surface area contributed by atoms with Crippen LogP contribution in [0.3, 0.4) is 0 Å². The molecule has 2 unspecified atom stereocenters. The summed E-state index contributed by atoms with van der Waals surface area (Å²) in [5.74, 6) is 1.42. The summed E-state index contributed by atoms with van der Waals surface area (Å²) in [5, 5.41) is 7.29. The summed E-state index contributed by atoms with van der Waals surface area (Å²) in [6.07, 6.45) is 6.76. The standard InChI is InChI=1S/C18H21ClN4O2.C18H22N4O2/c1-22(15-6-4-14(19)5-7-15)18(24)23-10-9-21-11-16(23)13-25-17-3-2-8-20-12-17;1-21(15-6-3-2-4-7-15)18(23)22-11-10-20-12-16(22)14-24-17-8-5-9-19-13-17/h2-8,12,16,21H,9-11,13H2,1H3;2-9,13,16,20H,10-12,14H2,1H3. The van der Waals surface area contributed by atoms with E-state index >= 15 is 0 Å². The van der Waals surface area contributed by atoms with E-state index in [0.717, 1.165) is 24.5 Å². The number of piperazine rings is 2. The number of amides is 4. The van der Waals surface area contributed by atoms with Gasteiger partial charge in [0.25, 0.3) is 0 Å². The Morgan fingerprint density at radius 2 is 1.18 bits per heavy atom. The molecule has 0 saturated carbocycles. The minimum Gasteiger partial charge on any atom is -0.490 e. The molecule has 2 fully saturated rings. The molecule has 258 valence electrons. The third-order valence-corrected chi connectivity index (χ3v) is 8.53. The molecule has 2 aromatic heterocycles. The van der Waals surface area contributed by atoms with Gasteiger partial charge in [-0.1, -0.05) is 29.8 Å². The lowest BCUT2D eigenvalue weighted by molar-refractivity contribution is 0.129. The van der Waals surface area contributed by atoms with Gasteiger partial charge in [-0.3, -0.25) is 19.8 Å². The summed E-state index contributed by atoms with van der Waals surface area (Å²) in [7, 11) is 3.57. The van der Waals surface area contributed by atoms with Gasteiger partial charge in [0.2, 0.25) is 0 Å². The van der Waals surface area contributed by atoms with E-state index in [0.29, 0.717) is 55.9 Å². The number of nitrogens with one attached hydrogen (secondary N) is 2. The van der Waals surface area contributed by atoms with Crippen LogP contribution in [-0.2, 0) is 0 Å². The quantitative estimate of drug-likeness (QED) is 0.276. The van der Waals surface area contributed by atoms with Crippen molar-refractivity contribution in [3.05, 3.63) is 109 Å². The molecule has 0 radical (unpaired) electrons. The maximum Gasteiger partial charge on any atom is 0.324 e. The van der Waals surface area contributed by atoms with Crippen LogP contribution in [0, 0.1) is 0 Å². The Bertz CT molecular complexity index is 1590. The van der Waals surface area contributed by atoms with E-state index < -0.39 is 0 Å². The fourth-order valence-corrected chi connectivity index (χ4v) is 5.62. The van der Waals surface area contributed by atoms with Crippen LogP contribution in [-0.4, -0.2) is 110 Å². The molecular formula is C36H43ClN8O4. The Labute approximate surface area is 292 Å². The van der Waals surface area contributed by atoms with Crippen molar-refractivity contribution in [1.29, 1.82) is 0 Å². The van der Waals surface area contributed by atoms with Crippen LogP contribution in [0.5, 0.6) is 11.5 Å². The molecular weight excluding hydrogens is 644 g/mol. The lowest BCUT2D eigenvalue weighted by Crippen LogP contribution is -2.58. The number of carbonyl (C=O) groups excluding carboxylic acids is 2. The van der Waals surface area contributed by atoms with Crippen molar-refractivity contribution in [1.82, 2.24) is 30.4 Å². The predicted molar refractivity (Wildman–Crippen MR) is 192 cm³/mol. The Morgan fingerprint density at radius 1 is 0.714 bits per heavy atom. The average Bonchev–Trinajstić information content (AvgIpc) is 3.17. The van der Waals surface area contributed by atoms with Crippen molar-refractivity contribution in [2.75, 3.05) is 76.4 Å². The fourth-order valence-electron chi connectivity index (χ4n) is 5.50. The number of pyridine rings is 2. The highest BCUT2D eigenvalue weighted by atomic mass is 35.5. The minimum absolute atomic E-state index is 0.0116. The van der Waals surface area contributed by atoms with Gasteiger partial charge in [0.15, 0.2) is 0 Å². The van der Waals surface area contributed by atoms with E-state index in [4.69, 9.17) is 21.1 Å². The molecule has 2 N–H and O–H groups in total. The molecule has 49 heavy (non-hydrogen) atoms. The molecule has 2 atom stereocenters. The maximum absolute atomic E-state index is 12.9. The van der Waals surface area contributed by atoms with Gasteiger partial charge in [-0.25, -0.2) is 9.59 Å². The smallest absolute Gasteiger partial charge is 0.324 e. The van der Waals surface area contributed by atoms with Crippen molar-refractivity contribution in [3.8, 4) is 11.5 Å². The van der Waals surface area contributed by atoms with E-state index in [1.54, 1.807) is 60.8 Å². The van der Waals surface area contributed by atoms with Crippen molar-refractivity contribution in [2.24, 2.45) is 0 Å². The van der Waals surface area contributed by atoms with Crippen LogP contribution in [0.4, 0.5) is 21.0 Å². The van der Waals surface area contributed by atoms with Crippen LogP contribution in [0.1, 0.15) is 0 Å². The summed E-state index contributed by atoms with van der Waals surface area (Å²) in [4.78, 5) is 40.9. The molecule has 13 heteroatoms. The zero-order valence-corrected chi connectivity index (χ0v) is 28.6. The topological polar surface area (TPSA) is 115 Å². The first kappa shape index (κ1) is 35.4. The molecule has 0 aliphatic carbocycles. The van der Waals surface area contributed by atoms with Crippen LogP contribution in [0.2, 0.25) is 5.02 Å². The van der Waals surface area contributed by atoms with Gasteiger partial charge in [-0.15, -0.1) is 0 Å². The average molecular weight is 687 g/mol. The first-order valence-electron chi connectivity index (χ1n) is 16.3. The number of benzene rings is 2. The van der Waals surface area contributed by atoms with E-state index in [1.165, 1.54) is 0 Å². The number of carbonyl (C=O) groups is 2. The summed E-state index contributed by atoms with van der Waals surface area (Å²) < 4.78 is 11.6. The van der Waals surface area contributed by atoms with Gasteiger partial charge in [-0.05, 0) is 60.7 Å². The summed E-state index contributed by atoms with van der Waals surface area (Å²) in [6, 6.07) is 24.2. The number of aromatic nitrogens is 2. The zero-order valence-electron chi connectivity index (χ0n) is 27.8. The summed E-state index contributed by atoms with van der Waals surface area (Å²) in [5.41, 5.74) is 1.69. The Kier molecular flexibility index (Phi) is 13.0. The van der Waals surface area contributed by atoms with E-state index in [2.05, 4.69) is 20.6 Å². The normalized spacial score (nSPS) is 17.3. The fraction of sp³-hybridized carbons (Fsp3) is 0.333. The molecule has 12 nitrogen and oxygen atoms in total. The molecule has 2 aromatic carbocycles.